The van der Waals surface area contributed by atoms with Crippen LogP contribution in [-0.4, -0.2) is 25.1 Å². The van der Waals surface area contributed by atoms with Gasteiger partial charge >= 0.3 is 0 Å². The molecule has 0 amide bonds. The van der Waals surface area contributed by atoms with Gasteiger partial charge in [-0.2, -0.15) is 0 Å². The molecule has 6 heteroatoms. The van der Waals surface area contributed by atoms with Gasteiger partial charge in [-0.3, -0.25) is 0 Å². The zero-order chi connectivity index (χ0) is 15.9. The van der Waals surface area contributed by atoms with Crippen molar-refractivity contribution in [1.82, 2.24) is 9.55 Å². The van der Waals surface area contributed by atoms with Crippen LogP contribution in [-0.2, 0) is 24.2 Å². The van der Waals surface area contributed by atoms with Crippen molar-refractivity contribution < 1.29 is 4.55 Å². The molecule has 0 unspecified atom stereocenters. The molecule has 0 aliphatic carbocycles. The highest BCUT2D eigenvalue weighted by Crippen LogP contribution is 2.31. The standard InChI is InChI=1S/C16H18ClN3OS/c1-16(2,3)22(21)19-9-13-15-8-7-11-12(17)5-4-6-14(11)20(15)10-18-13/h4-6,9-10H,7-8H2,1-3H3/b19-9+/t22-/m0/s1. The van der Waals surface area contributed by atoms with Crippen molar-refractivity contribution in [1.29, 1.82) is 0 Å². The summed E-state index contributed by atoms with van der Waals surface area (Å²) in [6, 6.07) is 5.90. The van der Waals surface area contributed by atoms with Crippen LogP contribution >= 0.6 is 11.6 Å². The Bertz CT molecular complexity index is 733. The summed E-state index contributed by atoms with van der Waals surface area (Å²) in [5.74, 6) is 0. The van der Waals surface area contributed by atoms with Crippen LogP contribution < -0.4 is 0 Å². The van der Waals surface area contributed by atoms with Gasteiger partial charge in [-0.25, -0.2) is 4.98 Å². The predicted octanol–water partition coefficient (Wildman–Crippen LogP) is 3.51. The molecule has 1 aliphatic rings. The molecule has 1 aromatic carbocycles. The number of hydrogen-bond donors (Lipinski definition) is 0. The molecule has 1 atom stereocenters. The summed E-state index contributed by atoms with van der Waals surface area (Å²) in [5.41, 5.74) is 4.08. The van der Waals surface area contributed by atoms with E-state index in [2.05, 4.69) is 9.38 Å². The van der Waals surface area contributed by atoms with E-state index in [1.807, 2.05) is 43.5 Å². The summed E-state index contributed by atoms with van der Waals surface area (Å²) < 4.78 is 17.9. The van der Waals surface area contributed by atoms with Gasteiger partial charge in [0.05, 0.1) is 11.4 Å². The summed E-state index contributed by atoms with van der Waals surface area (Å²) in [6.07, 6.45) is 5.14. The fraction of sp³-hybridized carbons (Fsp3) is 0.375. The highest BCUT2D eigenvalue weighted by atomic mass is 35.5. The summed E-state index contributed by atoms with van der Waals surface area (Å²) in [5, 5.41) is 0.793. The molecule has 2 heterocycles. The normalized spacial score (nSPS) is 15.7. The molecule has 0 N–H and O–H groups in total. The zero-order valence-corrected chi connectivity index (χ0v) is 14.4. The first-order valence-electron chi connectivity index (χ1n) is 7.18. The van der Waals surface area contributed by atoms with Crippen LogP contribution in [0.15, 0.2) is 28.9 Å². The summed E-state index contributed by atoms with van der Waals surface area (Å²) in [7, 11) is 0. The van der Waals surface area contributed by atoms with Gasteiger partial charge in [0.25, 0.3) is 0 Å². The molecule has 0 saturated carbocycles. The maximum absolute atomic E-state index is 12.0. The van der Waals surface area contributed by atoms with Crippen LogP contribution in [0.5, 0.6) is 0 Å². The number of benzene rings is 1. The molecular weight excluding hydrogens is 318 g/mol. The number of aromatic nitrogens is 2. The van der Waals surface area contributed by atoms with Crippen LogP contribution in [0.3, 0.4) is 0 Å². The molecule has 0 radical (unpaired) electrons. The van der Waals surface area contributed by atoms with Crippen LogP contribution in [0.4, 0.5) is 0 Å². The van der Waals surface area contributed by atoms with Crippen molar-refractivity contribution in [3.8, 4) is 5.69 Å². The van der Waals surface area contributed by atoms with E-state index in [0.29, 0.717) is 0 Å². The number of imidazole rings is 1. The highest BCUT2D eigenvalue weighted by Gasteiger charge is 2.26. The third-order valence-corrected chi connectivity index (χ3v) is 5.36. The Balaban J connectivity index is 1.95. The maximum Gasteiger partial charge on any atom is 0.144 e. The second kappa shape index (κ2) is 5.72. The Hall–Kier alpha value is -1.30. The second-order valence-electron chi connectivity index (χ2n) is 6.28. The molecule has 3 rings (SSSR count). The lowest BCUT2D eigenvalue weighted by Gasteiger charge is -2.20. The third-order valence-electron chi connectivity index (χ3n) is 3.66. The zero-order valence-electron chi connectivity index (χ0n) is 12.8. The van der Waals surface area contributed by atoms with Gasteiger partial charge in [0.15, 0.2) is 0 Å². The lowest BCUT2D eigenvalue weighted by atomic mass is 10.0. The fourth-order valence-electron chi connectivity index (χ4n) is 2.47. The number of nitrogens with zero attached hydrogens (tertiary/aromatic N) is 3. The van der Waals surface area contributed by atoms with Crippen molar-refractivity contribution in [2.75, 3.05) is 0 Å². The average Bonchev–Trinajstić information content (AvgIpc) is 2.87. The van der Waals surface area contributed by atoms with Gasteiger partial charge in [0.2, 0.25) is 0 Å². The lowest BCUT2D eigenvalue weighted by Crippen LogP contribution is -2.26. The SMILES string of the molecule is CC(C)(C)[S@+]([O-])/N=C/c1ncn2c1CCc1c(Cl)cccc1-2. The van der Waals surface area contributed by atoms with Crippen molar-refractivity contribution >= 4 is 29.2 Å². The summed E-state index contributed by atoms with van der Waals surface area (Å²) in [4.78, 5) is 4.42. The molecule has 1 aromatic heterocycles. The largest absolute Gasteiger partial charge is 0.591 e. The van der Waals surface area contributed by atoms with E-state index < -0.39 is 11.4 Å². The topological polar surface area (TPSA) is 53.2 Å². The molecule has 0 bridgehead atoms. The second-order valence-corrected chi connectivity index (χ2v) is 8.62. The lowest BCUT2D eigenvalue weighted by molar-refractivity contribution is 0.562. The van der Waals surface area contributed by atoms with Gasteiger partial charge in [0, 0.05) is 5.02 Å². The molecule has 22 heavy (non-hydrogen) atoms. The minimum Gasteiger partial charge on any atom is -0.591 e. The Morgan fingerprint density at radius 2 is 2.14 bits per heavy atom. The Morgan fingerprint density at radius 1 is 1.36 bits per heavy atom. The third kappa shape index (κ3) is 2.81. The van der Waals surface area contributed by atoms with E-state index in [0.717, 1.165) is 40.5 Å². The van der Waals surface area contributed by atoms with Gasteiger partial charge in [-0.15, -0.1) is 0 Å². The fourth-order valence-corrected chi connectivity index (χ4v) is 3.25. The van der Waals surface area contributed by atoms with Gasteiger partial charge in [0.1, 0.15) is 34.3 Å². The smallest absolute Gasteiger partial charge is 0.144 e. The van der Waals surface area contributed by atoms with Gasteiger partial charge in [-0.05, 0) is 51.3 Å². The predicted molar refractivity (Wildman–Crippen MR) is 91.5 cm³/mol. The van der Waals surface area contributed by atoms with E-state index in [-0.39, 0.29) is 4.75 Å². The summed E-state index contributed by atoms with van der Waals surface area (Å²) >= 11 is 5.00. The van der Waals surface area contributed by atoms with Gasteiger partial charge < -0.3 is 9.12 Å². The monoisotopic (exact) mass is 335 g/mol. The quantitative estimate of drug-likeness (QED) is 0.623. The minimum absolute atomic E-state index is 0.365. The summed E-state index contributed by atoms with van der Waals surface area (Å²) in [6.45, 7) is 5.71. The first-order chi connectivity index (χ1) is 10.4. The molecule has 0 spiro atoms. The van der Waals surface area contributed by atoms with Crippen LogP contribution in [0.1, 0.15) is 37.7 Å². The van der Waals surface area contributed by atoms with E-state index in [9.17, 15) is 4.55 Å². The Labute approximate surface area is 138 Å². The molecule has 1 aliphatic heterocycles. The van der Waals surface area contributed by atoms with E-state index in [1.54, 1.807) is 12.5 Å². The number of hydrogen-bond acceptors (Lipinski definition) is 3. The first-order valence-corrected chi connectivity index (χ1v) is 8.66. The van der Waals surface area contributed by atoms with Crippen LogP contribution in [0.25, 0.3) is 5.69 Å². The Morgan fingerprint density at radius 3 is 2.86 bits per heavy atom. The van der Waals surface area contributed by atoms with Crippen molar-refractivity contribution in [2.24, 2.45) is 4.40 Å². The molecule has 2 aromatic rings. The molecule has 116 valence electrons. The highest BCUT2D eigenvalue weighted by molar-refractivity contribution is 7.91. The maximum atomic E-state index is 12.0. The molecular formula is C16H18ClN3OS. The van der Waals surface area contributed by atoms with Crippen molar-refractivity contribution in [3.63, 3.8) is 0 Å². The Kier molecular flexibility index (Phi) is 4.05. The van der Waals surface area contributed by atoms with Gasteiger partial charge in [-0.1, -0.05) is 22.1 Å². The first kappa shape index (κ1) is 15.6. The number of halogens is 1. The van der Waals surface area contributed by atoms with Crippen LogP contribution in [0.2, 0.25) is 5.02 Å². The van der Waals surface area contributed by atoms with Crippen molar-refractivity contribution in [3.05, 3.63) is 46.5 Å². The van der Waals surface area contributed by atoms with E-state index in [1.165, 1.54) is 0 Å². The average molecular weight is 336 g/mol. The number of fused-ring (bicyclic) bond motifs is 3. The minimum atomic E-state index is -1.27. The molecule has 0 saturated heterocycles. The molecule has 0 fully saturated rings. The van der Waals surface area contributed by atoms with E-state index in [4.69, 9.17) is 11.6 Å². The number of rotatable bonds is 2. The van der Waals surface area contributed by atoms with E-state index >= 15 is 0 Å². The van der Waals surface area contributed by atoms with Crippen LogP contribution in [0, 0.1) is 0 Å². The molecule has 4 nitrogen and oxygen atoms in total. The van der Waals surface area contributed by atoms with Crippen molar-refractivity contribution in [2.45, 2.75) is 38.4 Å².